The molecule has 2 aromatic rings. The van der Waals surface area contributed by atoms with Crippen LogP contribution in [0.1, 0.15) is 39.0 Å². The van der Waals surface area contributed by atoms with Crippen molar-refractivity contribution < 1.29 is 14.0 Å². The summed E-state index contributed by atoms with van der Waals surface area (Å²) in [4.78, 5) is 6.61. The van der Waals surface area contributed by atoms with E-state index in [1.165, 1.54) is 0 Å². The molecule has 0 atom stereocenters. The molecule has 1 aromatic carbocycles. The van der Waals surface area contributed by atoms with Gasteiger partial charge in [0.25, 0.3) is 0 Å². The van der Waals surface area contributed by atoms with Crippen LogP contribution in [0.15, 0.2) is 29.1 Å². The zero-order chi connectivity index (χ0) is 18.9. The van der Waals surface area contributed by atoms with Crippen molar-refractivity contribution >= 4 is 23.9 Å². The summed E-state index contributed by atoms with van der Waals surface area (Å²) in [6, 6.07) is 6.08. The minimum atomic E-state index is -0.381. The van der Waals surface area contributed by atoms with Gasteiger partial charge in [-0.15, -0.1) is 11.3 Å². The van der Waals surface area contributed by atoms with Crippen molar-refractivity contribution in [2.75, 3.05) is 14.2 Å². The molecule has 3 rings (SSSR count). The van der Waals surface area contributed by atoms with Gasteiger partial charge in [-0.1, -0.05) is 6.07 Å². The molecule has 26 heavy (non-hydrogen) atoms. The van der Waals surface area contributed by atoms with E-state index in [1.807, 2.05) is 17.6 Å². The topological polar surface area (TPSA) is 43.8 Å². The Kier molecular flexibility index (Phi) is 5.44. The molecule has 0 amide bonds. The van der Waals surface area contributed by atoms with Gasteiger partial charge in [-0.2, -0.15) is 0 Å². The van der Waals surface area contributed by atoms with Gasteiger partial charge in [0.1, 0.15) is 5.75 Å². The first-order valence-corrected chi connectivity index (χ1v) is 9.74. The molecule has 0 unspecified atom stereocenters. The maximum absolute atomic E-state index is 6.26. The number of benzene rings is 1. The van der Waals surface area contributed by atoms with Crippen LogP contribution < -0.4 is 10.2 Å². The molecule has 1 fully saturated rings. The van der Waals surface area contributed by atoms with Crippen LogP contribution in [-0.2, 0) is 22.4 Å². The van der Waals surface area contributed by atoms with E-state index in [0.717, 1.165) is 35.6 Å². The first-order valence-electron chi connectivity index (χ1n) is 8.80. The molecular weight excluding hydrogens is 347 g/mol. The summed E-state index contributed by atoms with van der Waals surface area (Å²) >= 11 is 1.62. The van der Waals surface area contributed by atoms with Crippen molar-refractivity contribution in [3.05, 3.63) is 40.3 Å². The fraction of sp³-hybridized carbons (Fsp3) is 0.526. The number of hydrogen-bond acceptors (Lipinski definition) is 6. The monoisotopic (exact) mass is 374 g/mol. The van der Waals surface area contributed by atoms with E-state index in [-0.39, 0.29) is 18.3 Å². The van der Waals surface area contributed by atoms with Gasteiger partial charge in [0, 0.05) is 18.5 Å². The Morgan fingerprint density at radius 2 is 1.85 bits per heavy atom. The van der Waals surface area contributed by atoms with Crippen LogP contribution >= 0.6 is 11.3 Å². The number of rotatable bonds is 6. The quantitative estimate of drug-likeness (QED) is 0.727. The number of methoxy groups -OCH3 is 1. The van der Waals surface area contributed by atoms with E-state index in [1.54, 1.807) is 18.4 Å². The molecule has 2 heterocycles. The van der Waals surface area contributed by atoms with E-state index < -0.39 is 0 Å². The number of aromatic nitrogens is 1. The second-order valence-corrected chi connectivity index (χ2v) is 8.52. The summed E-state index contributed by atoms with van der Waals surface area (Å²) in [5, 5.41) is 2.08. The molecule has 0 radical (unpaired) electrons. The summed E-state index contributed by atoms with van der Waals surface area (Å²) in [6.45, 7) is 9.85. The van der Waals surface area contributed by atoms with Gasteiger partial charge in [-0.25, -0.2) is 4.98 Å². The normalized spacial score (nSPS) is 18.5. The number of thiazole rings is 1. The first kappa shape index (κ1) is 19.4. The molecule has 1 saturated heterocycles. The standard InChI is InChI=1S/C19H27BN2O3S/c1-18(2)19(3,4)25-20(24-18)17-8-7-16(23-6)9-14(17)10-22(5)11-15-12-26-13-21-15/h7-9,12-13H,10-11H2,1-6H3. The van der Waals surface area contributed by atoms with Crippen LogP contribution in [0.25, 0.3) is 0 Å². The van der Waals surface area contributed by atoms with Gasteiger partial charge in [-0.05, 0) is 57.9 Å². The lowest BCUT2D eigenvalue weighted by molar-refractivity contribution is 0.00578. The molecule has 5 nitrogen and oxygen atoms in total. The Labute approximate surface area is 160 Å². The highest BCUT2D eigenvalue weighted by molar-refractivity contribution is 7.07. The lowest BCUT2D eigenvalue weighted by atomic mass is 9.75. The Morgan fingerprint density at radius 3 is 2.42 bits per heavy atom. The zero-order valence-electron chi connectivity index (χ0n) is 16.4. The highest BCUT2D eigenvalue weighted by Gasteiger charge is 2.52. The van der Waals surface area contributed by atoms with Crippen LogP contribution in [0.4, 0.5) is 0 Å². The summed E-state index contributed by atoms with van der Waals surface area (Å²) in [5.41, 5.74) is 4.42. The maximum Gasteiger partial charge on any atom is 0.495 e. The Hall–Kier alpha value is -1.41. The summed E-state index contributed by atoms with van der Waals surface area (Å²) in [6.07, 6.45) is 0. The highest BCUT2D eigenvalue weighted by Crippen LogP contribution is 2.37. The fourth-order valence-corrected chi connectivity index (χ4v) is 3.53. The minimum Gasteiger partial charge on any atom is -0.497 e. The molecule has 140 valence electrons. The second kappa shape index (κ2) is 7.31. The molecule has 0 bridgehead atoms. The molecular formula is C19H27BN2O3S. The maximum atomic E-state index is 6.26. The molecule has 0 N–H and O–H groups in total. The molecule has 0 aliphatic carbocycles. The second-order valence-electron chi connectivity index (χ2n) is 7.81. The SMILES string of the molecule is COc1ccc(B2OC(C)(C)C(C)(C)O2)c(CN(C)Cc2cscn2)c1. The van der Waals surface area contributed by atoms with E-state index in [0.29, 0.717) is 0 Å². The number of hydrogen-bond donors (Lipinski definition) is 0. The third-order valence-electron chi connectivity index (χ3n) is 5.21. The largest absolute Gasteiger partial charge is 0.497 e. The van der Waals surface area contributed by atoms with Crippen LogP contribution in [0.3, 0.4) is 0 Å². The van der Waals surface area contributed by atoms with Gasteiger partial charge < -0.3 is 14.0 Å². The van der Waals surface area contributed by atoms with Crippen molar-refractivity contribution in [1.29, 1.82) is 0 Å². The Morgan fingerprint density at radius 1 is 1.15 bits per heavy atom. The van der Waals surface area contributed by atoms with E-state index in [2.05, 4.69) is 56.1 Å². The lowest BCUT2D eigenvalue weighted by Gasteiger charge is -2.32. The van der Waals surface area contributed by atoms with E-state index in [9.17, 15) is 0 Å². The fourth-order valence-electron chi connectivity index (χ4n) is 2.98. The van der Waals surface area contributed by atoms with Crippen molar-refractivity contribution in [2.45, 2.75) is 52.0 Å². The average Bonchev–Trinajstić information content (AvgIpc) is 3.13. The van der Waals surface area contributed by atoms with Gasteiger partial charge in [0.2, 0.25) is 0 Å². The molecule has 7 heteroatoms. The molecule has 1 aliphatic heterocycles. The van der Waals surface area contributed by atoms with Gasteiger partial charge >= 0.3 is 7.12 Å². The number of ether oxygens (including phenoxy) is 1. The van der Waals surface area contributed by atoms with Crippen LogP contribution in [0, 0.1) is 0 Å². The zero-order valence-corrected chi connectivity index (χ0v) is 17.2. The smallest absolute Gasteiger partial charge is 0.495 e. The third-order valence-corrected chi connectivity index (χ3v) is 5.85. The average molecular weight is 374 g/mol. The van der Waals surface area contributed by atoms with Crippen molar-refractivity contribution in [3.63, 3.8) is 0 Å². The van der Waals surface area contributed by atoms with Crippen LogP contribution in [0.2, 0.25) is 0 Å². The van der Waals surface area contributed by atoms with E-state index >= 15 is 0 Å². The lowest BCUT2D eigenvalue weighted by Crippen LogP contribution is -2.41. The molecule has 0 spiro atoms. The predicted octanol–water partition coefficient (Wildman–Crippen LogP) is 3.08. The van der Waals surface area contributed by atoms with Crippen molar-refractivity contribution in [1.82, 2.24) is 9.88 Å². The molecule has 0 saturated carbocycles. The molecule has 1 aromatic heterocycles. The van der Waals surface area contributed by atoms with Crippen LogP contribution in [-0.4, -0.2) is 42.4 Å². The van der Waals surface area contributed by atoms with E-state index in [4.69, 9.17) is 14.0 Å². The first-order chi connectivity index (χ1) is 12.2. The Bertz CT molecular complexity index is 733. The minimum absolute atomic E-state index is 0.360. The van der Waals surface area contributed by atoms with Gasteiger partial charge in [0.05, 0.1) is 29.5 Å². The highest BCUT2D eigenvalue weighted by atomic mass is 32.1. The summed E-state index contributed by atoms with van der Waals surface area (Å²) in [7, 11) is 3.40. The molecule has 1 aliphatic rings. The van der Waals surface area contributed by atoms with Crippen LogP contribution in [0.5, 0.6) is 5.75 Å². The Balaban J connectivity index is 1.84. The third kappa shape index (κ3) is 3.96. The van der Waals surface area contributed by atoms with Gasteiger partial charge in [-0.3, -0.25) is 4.90 Å². The van der Waals surface area contributed by atoms with Crippen molar-refractivity contribution in [2.24, 2.45) is 0 Å². The summed E-state index contributed by atoms with van der Waals surface area (Å²) < 4.78 is 18.0. The number of nitrogens with zero attached hydrogens (tertiary/aromatic N) is 2. The van der Waals surface area contributed by atoms with Gasteiger partial charge in [0.15, 0.2) is 0 Å². The predicted molar refractivity (Wildman–Crippen MR) is 106 cm³/mol. The summed E-state index contributed by atoms with van der Waals surface area (Å²) in [5.74, 6) is 0.835. The van der Waals surface area contributed by atoms with Crippen molar-refractivity contribution in [3.8, 4) is 5.75 Å².